The van der Waals surface area contributed by atoms with E-state index in [2.05, 4.69) is 0 Å². The first-order valence-electron chi connectivity index (χ1n) is 8.30. The molecule has 0 bridgehead atoms. The predicted octanol–water partition coefficient (Wildman–Crippen LogP) is 7.94. The highest BCUT2D eigenvalue weighted by Gasteiger charge is 2.22. The molecule has 1 heterocycles. The van der Waals surface area contributed by atoms with Gasteiger partial charge < -0.3 is 0 Å². The van der Waals surface area contributed by atoms with Crippen LogP contribution in [-0.2, 0) is 0 Å². The Labute approximate surface area is 187 Å². The third-order valence-corrected chi connectivity index (χ3v) is 6.41. The average Bonchev–Trinajstić information content (AvgIpc) is 2.71. The molecule has 0 atom stereocenters. The second kappa shape index (κ2) is 8.48. The van der Waals surface area contributed by atoms with E-state index in [1.165, 1.54) is 11.8 Å². The first-order chi connectivity index (χ1) is 13.5. The summed E-state index contributed by atoms with van der Waals surface area (Å²) < 4.78 is 0. The van der Waals surface area contributed by atoms with Crippen molar-refractivity contribution in [2.24, 2.45) is 9.98 Å². The molecule has 1 aliphatic rings. The van der Waals surface area contributed by atoms with Crippen LogP contribution in [0.1, 0.15) is 22.9 Å². The van der Waals surface area contributed by atoms with E-state index in [0.717, 1.165) is 26.8 Å². The molecule has 0 N–H and O–H groups in total. The summed E-state index contributed by atoms with van der Waals surface area (Å²) in [5.41, 5.74) is 2.81. The Kier molecular flexibility index (Phi) is 6.00. The van der Waals surface area contributed by atoms with Gasteiger partial charge in [0.25, 0.3) is 0 Å². The molecule has 0 aliphatic carbocycles. The van der Waals surface area contributed by atoms with E-state index in [1.807, 2.05) is 54.6 Å². The van der Waals surface area contributed by atoms with Crippen LogP contribution in [0.3, 0.4) is 0 Å². The minimum absolute atomic E-state index is 0.424. The summed E-state index contributed by atoms with van der Waals surface area (Å²) in [6.45, 7) is 0. The molecule has 4 rings (SSSR count). The van der Waals surface area contributed by atoms with Gasteiger partial charge in [-0.3, -0.25) is 0 Å². The van der Waals surface area contributed by atoms with E-state index in [-0.39, 0.29) is 0 Å². The lowest BCUT2D eigenvalue weighted by molar-refractivity contribution is 0.783. The largest absolute Gasteiger partial charge is 0.246 e. The maximum absolute atomic E-state index is 6.21. The third kappa shape index (κ3) is 4.40. The molecule has 28 heavy (non-hydrogen) atoms. The van der Waals surface area contributed by atoms with Crippen molar-refractivity contribution in [1.29, 1.82) is 0 Å². The van der Waals surface area contributed by atoms with Gasteiger partial charge in [-0.15, -0.1) is 0 Å². The Balaban J connectivity index is 1.79. The van der Waals surface area contributed by atoms with Crippen LogP contribution in [0.2, 0.25) is 20.1 Å². The highest BCUT2D eigenvalue weighted by molar-refractivity contribution is 8.27. The van der Waals surface area contributed by atoms with Gasteiger partial charge >= 0.3 is 0 Å². The van der Waals surface area contributed by atoms with E-state index in [4.69, 9.17) is 56.4 Å². The number of thioether (sulfide) groups is 1. The van der Waals surface area contributed by atoms with Gasteiger partial charge in [0.2, 0.25) is 0 Å². The predicted molar refractivity (Wildman–Crippen MR) is 123 cm³/mol. The molecule has 3 aromatic rings. The molecule has 0 unspecified atom stereocenters. The zero-order valence-corrected chi connectivity index (χ0v) is 18.1. The maximum atomic E-state index is 6.21. The van der Waals surface area contributed by atoms with Crippen molar-refractivity contribution in [2.45, 2.75) is 6.17 Å². The topological polar surface area (TPSA) is 24.7 Å². The smallest absolute Gasteiger partial charge is 0.167 e. The highest BCUT2D eigenvalue weighted by Crippen LogP contribution is 2.35. The molecular weight excluding hydrogens is 454 g/mol. The summed E-state index contributed by atoms with van der Waals surface area (Å²) >= 11 is 25.9. The minimum atomic E-state index is -0.424. The Morgan fingerprint density at radius 1 is 0.607 bits per heavy atom. The first-order valence-corrected chi connectivity index (χ1v) is 10.6. The van der Waals surface area contributed by atoms with Gasteiger partial charge in [0.15, 0.2) is 6.17 Å². The van der Waals surface area contributed by atoms with Crippen LogP contribution in [0.5, 0.6) is 0 Å². The van der Waals surface area contributed by atoms with Gasteiger partial charge in [-0.25, -0.2) is 9.98 Å². The van der Waals surface area contributed by atoms with Crippen molar-refractivity contribution in [3.05, 3.63) is 104 Å². The molecule has 3 aromatic carbocycles. The zero-order valence-electron chi connectivity index (χ0n) is 14.2. The molecule has 0 aromatic heterocycles. The van der Waals surface area contributed by atoms with Crippen LogP contribution in [0.4, 0.5) is 0 Å². The molecule has 0 saturated carbocycles. The van der Waals surface area contributed by atoms with E-state index in [0.29, 0.717) is 20.1 Å². The normalized spacial score (nSPS) is 14.6. The molecule has 2 nitrogen and oxygen atoms in total. The number of halogens is 4. The number of rotatable bonds is 3. The number of nitrogens with zero attached hydrogens (tertiary/aromatic N) is 2. The second-order valence-corrected chi connectivity index (χ2v) is 8.70. The van der Waals surface area contributed by atoms with Crippen LogP contribution in [0.25, 0.3) is 0 Å². The van der Waals surface area contributed by atoms with E-state index in [1.54, 1.807) is 12.1 Å². The van der Waals surface area contributed by atoms with Crippen molar-refractivity contribution in [2.75, 3.05) is 0 Å². The molecule has 140 valence electrons. The number of hydrogen-bond acceptors (Lipinski definition) is 3. The molecule has 7 heteroatoms. The number of benzene rings is 3. The third-order valence-electron chi connectivity index (χ3n) is 4.10. The summed E-state index contributed by atoms with van der Waals surface area (Å²) in [5.74, 6) is 0. The molecule has 1 aliphatic heterocycles. The van der Waals surface area contributed by atoms with Crippen molar-refractivity contribution in [3.8, 4) is 0 Å². The van der Waals surface area contributed by atoms with Crippen LogP contribution >= 0.6 is 58.2 Å². The van der Waals surface area contributed by atoms with Gasteiger partial charge in [0.05, 0.1) is 10.0 Å². The molecule has 0 amide bonds. The van der Waals surface area contributed by atoms with Crippen molar-refractivity contribution < 1.29 is 0 Å². The fourth-order valence-corrected chi connectivity index (χ4v) is 4.22. The average molecular weight is 466 g/mol. The summed E-state index contributed by atoms with van der Waals surface area (Å²) in [4.78, 5) is 9.67. The number of aliphatic imine (C=N–C) groups is 2. The minimum Gasteiger partial charge on any atom is -0.246 e. The molecular formula is C21H12Cl4N2S. The highest BCUT2D eigenvalue weighted by atomic mass is 35.5. The Hall–Kier alpha value is -1.49. The van der Waals surface area contributed by atoms with Crippen LogP contribution in [0, 0.1) is 0 Å². The summed E-state index contributed by atoms with van der Waals surface area (Å²) in [5, 5.41) is 4.04. The summed E-state index contributed by atoms with van der Waals surface area (Å²) in [6, 6.07) is 20.6. The van der Waals surface area contributed by atoms with Crippen LogP contribution in [0.15, 0.2) is 76.7 Å². The monoisotopic (exact) mass is 464 g/mol. The SMILES string of the molecule is Clc1ccc(C2=NC(c3ccc(Cl)c(Cl)c3)N=C(c3ccc(Cl)cc3)S2)cc1. The quantitative estimate of drug-likeness (QED) is 0.385. The number of hydrogen-bond donors (Lipinski definition) is 0. The lowest BCUT2D eigenvalue weighted by Crippen LogP contribution is -2.12. The first kappa shape index (κ1) is 19.8. The summed E-state index contributed by atoms with van der Waals surface area (Å²) in [7, 11) is 0. The van der Waals surface area contributed by atoms with Crippen molar-refractivity contribution >= 4 is 68.3 Å². The van der Waals surface area contributed by atoms with Crippen LogP contribution in [-0.4, -0.2) is 10.1 Å². The van der Waals surface area contributed by atoms with Gasteiger partial charge in [-0.1, -0.05) is 76.7 Å². The van der Waals surface area contributed by atoms with E-state index >= 15 is 0 Å². The van der Waals surface area contributed by atoms with Gasteiger partial charge in [-0.2, -0.15) is 0 Å². The van der Waals surface area contributed by atoms with Gasteiger partial charge in [-0.05, 0) is 53.7 Å². The van der Waals surface area contributed by atoms with E-state index in [9.17, 15) is 0 Å². The van der Waals surface area contributed by atoms with Crippen LogP contribution < -0.4 is 0 Å². The maximum Gasteiger partial charge on any atom is 0.167 e. The lowest BCUT2D eigenvalue weighted by atomic mass is 10.1. The zero-order chi connectivity index (χ0) is 19.7. The Morgan fingerprint density at radius 2 is 1.11 bits per heavy atom. The van der Waals surface area contributed by atoms with E-state index < -0.39 is 6.17 Å². The van der Waals surface area contributed by atoms with Crippen molar-refractivity contribution in [3.63, 3.8) is 0 Å². The Morgan fingerprint density at radius 3 is 1.57 bits per heavy atom. The molecule has 0 spiro atoms. The molecule has 0 saturated heterocycles. The molecule has 0 radical (unpaired) electrons. The van der Waals surface area contributed by atoms with Gasteiger partial charge in [0, 0.05) is 21.2 Å². The standard InChI is InChI=1S/C21H12Cl4N2S/c22-15-6-1-12(2-7-15)20-26-19(14-5-10-17(24)18(25)11-14)27-21(28-20)13-3-8-16(23)9-4-13/h1-11,19H. The Bertz CT molecular complexity index is 1020. The lowest BCUT2D eigenvalue weighted by Gasteiger charge is -2.20. The summed E-state index contributed by atoms with van der Waals surface area (Å²) in [6.07, 6.45) is -0.424. The second-order valence-electron chi connectivity index (χ2n) is 6.03. The van der Waals surface area contributed by atoms with Crippen molar-refractivity contribution in [1.82, 2.24) is 0 Å². The fourth-order valence-electron chi connectivity index (χ4n) is 2.67. The van der Waals surface area contributed by atoms with Gasteiger partial charge in [0.1, 0.15) is 10.1 Å². The fraction of sp³-hybridized carbons (Fsp3) is 0.0476. The molecule has 0 fully saturated rings.